The molecule has 0 bridgehead atoms. The van der Waals surface area contributed by atoms with E-state index in [1.807, 2.05) is 33.8 Å². The molecule has 0 radical (unpaired) electrons. The first-order chi connectivity index (χ1) is 13.7. The summed E-state index contributed by atoms with van der Waals surface area (Å²) in [6.07, 6.45) is 5.41. The first kappa shape index (κ1) is 18.8. The van der Waals surface area contributed by atoms with Crippen molar-refractivity contribution in [2.75, 3.05) is 19.6 Å². The van der Waals surface area contributed by atoms with Crippen molar-refractivity contribution in [1.82, 2.24) is 24.6 Å². The highest BCUT2D eigenvalue weighted by molar-refractivity contribution is 6.30. The predicted molar refractivity (Wildman–Crippen MR) is 108 cm³/mol. The second kappa shape index (κ2) is 8.24. The summed E-state index contributed by atoms with van der Waals surface area (Å²) in [5.74, 6) is 0.340. The number of amides is 1. The Morgan fingerprint density at radius 2 is 2.14 bits per heavy atom. The number of aryl methyl sites for hydroxylation is 1. The van der Waals surface area contributed by atoms with Crippen molar-refractivity contribution < 1.29 is 4.79 Å². The summed E-state index contributed by atoms with van der Waals surface area (Å²) in [4.78, 5) is 23.5. The Hall–Kier alpha value is -2.51. The van der Waals surface area contributed by atoms with Gasteiger partial charge in [-0.05, 0) is 30.5 Å². The fourth-order valence-corrected chi connectivity index (χ4v) is 4.00. The zero-order valence-corrected chi connectivity index (χ0v) is 16.3. The molecule has 0 spiro atoms. The number of carbonyl (C=O) groups excluding carboxylic acids is 1. The fourth-order valence-electron chi connectivity index (χ4n) is 3.79. The third-order valence-electron chi connectivity index (χ3n) is 5.18. The number of rotatable bonds is 6. The molecule has 3 heterocycles. The van der Waals surface area contributed by atoms with Gasteiger partial charge in [0.15, 0.2) is 5.65 Å². The van der Waals surface area contributed by atoms with Gasteiger partial charge in [-0.1, -0.05) is 23.7 Å². The van der Waals surface area contributed by atoms with E-state index < -0.39 is 0 Å². The summed E-state index contributed by atoms with van der Waals surface area (Å²) in [6.45, 7) is 2.50. The molecule has 146 valence electrons. The van der Waals surface area contributed by atoms with Crippen molar-refractivity contribution in [2.45, 2.75) is 31.7 Å². The number of hydrogen-bond donors (Lipinski definition) is 1. The van der Waals surface area contributed by atoms with Gasteiger partial charge in [0.2, 0.25) is 5.91 Å². The molecule has 4 rings (SSSR count). The van der Waals surface area contributed by atoms with Crippen molar-refractivity contribution >= 4 is 28.7 Å². The number of hydrogen-bond acceptors (Lipinski definition) is 5. The molecule has 0 saturated carbocycles. The highest BCUT2D eigenvalue weighted by atomic mass is 35.5. The minimum atomic E-state index is 0.166. The molecule has 28 heavy (non-hydrogen) atoms. The quantitative estimate of drug-likeness (QED) is 0.688. The predicted octanol–water partition coefficient (Wildman–Crippen LogP) is 2.39. The summed E-state index contributed by atoms with van der Waals surface area (Å²) < 4.78 is 1.82. The van der Waals surface area contributed by atoms with Gasteiger partial charge in [-0.3, -0.25) is 4.79 Å². The molecule has 1 aliphatic heterocycles. The Morgan fingerprint density at radius 1 is 1.29 bits per heavy atom. The number of benzene rings is 1. The highest BCUT2D eigenvalue weighted by Gasteiger charge is 2.31. The molecule has 2 aromatic heterocycles. The molecule has 2 N–H and O–H groups in total. The lowest BCUT2D eigenvalue weighted by Crippen LogP contribution is -2.28. The molecule has 1 aliphatic rings. The number of aromatic nitrogens is 4. The van der Waals surface area contributed by atoms with Gasteiger partial charge in [0.1, 0.15) is 5.52 Å². The molecule has 1 atom stereocenters. The van der Waals surface area contributed by atoms with Gasteiger partial charge in [0.25, 0.3) is 0 Å². The second-order valence-corrected chi connectivity index (χ2v) is 7.52. The van der Waals surface area contributed by atoms with Crippen LogP contribution >= 0.6 is 11.6 Å². The van der Waals surface area contributed by atoms with E-state index in [2.05, 4.69) is 9.97 Å². The van der Waals surface area contributed by atoms with E-state index in [-0.39, 0.29) is 11.8 Å². The van der Waals surface area contributed by atoms with Crippen molar-refractivity contribution in [3.63, 3.8) is 0 Å². The Labute approximate surface area is 168 Å². The summed E-state index contributed by atoms with van der Waals surface area (Å²) in [6, 6.07) is 7.67. The van der Waals surface area contributed by atoms with Crippen molar-refractivity contribution in [3.05, 3.63) is 52.9 Å². The molecule has 8 heteroatoms. The fraction of sp³-hybridized carbons (Fsp3) is 0.400. The molecule has 1 aromatic carbocycles. The van der Waals surface area contributed by atoms with E-state index >= 15 is 0 Å². The molecular formula is C20H23ClN6O. The van der Waals surface area contributed by atoms with Crippen LogP contribution in [0.2, 0.25) is 5.02 Å². The average Bonchev–Trinajstić information content (AvgIpc) is 3.32. The Morgan fingerprint density at radius 3 is 2.96 bits per heavy atom. The average molecular weight is 399 g/mol. The maximum Gasteiger partial charge on any atom is 0.222 e. The van der Waals surface area contributed by atoms with Gasteiger partial charge < -0.3 is 10.6 Å². The third-order valence-corrected chi connectivity index (χ3v) is 5.41. The number of halogens is 1. The molecular weight excluding hydrogens is 376 g/mol. The van der Waals surface area contributed by atoms with Crippen LogP contribution in [0, 0.1) is 0 Å². The SMILES string of the molecule is NCCn1nc([C@@H]2CCN(C(=O)CCc3cccc(Cl)c3)C2)c2nccnc21. The largest absolute Gasteiger partial charge is 0.342 e. The third kappa shape index (κ3) is 3.86. The van der Waals surface area contributed by atoms with Crippen LogP contribution in [-0.2, 0) is 17.8 Å². The monoisotopic (exact) mass is 398 g/mol. The zero-order chi connectivity index (χ0) is 19.5. The minimum Gasteiger partial charge on any atom is -0.342 e. The van der Waals surface area contributed by atoms with Crippen LogP contribution in [0.5, 0.6) is 0 Å². The van der Waals surface area contributed by atoms with Crippen LogP contribution in [0.15, 0.2) is 36.7 Å². The van der Waals surface area contributed by atoms with E-state index in [0.29, 0.717) is 37.5 Å². The van der Waals surface area contributed by atoms with Crippen molar-refractivity contribution in [3.8, 4) is 0 Å². The normalized spacial score (nSPS) is 16.8. The van der Waals surface area contributed by atoms with Crippen molar-refractivity contribution in [2.24, 2.45) is 5.73 Å². The lowest BCUT2D eigenvalue weighted by atomic mass is 10.0. The number of fused-ring (bicyclic) bond motifs is 1. The number of nitrogens with zero attached hydrogens (tertiary/aromatic N) is 5. The maximum atomic E-state index is 12.7. The smallest absolute Gasteiger partial charge is 0.222 e. The summed E-state index contributed by atoms with van der Waals surface area (Å²) >= 11 is 6.02. The second-order valence-electron chi connectivity index (χ2n) is 7.08. The maximum absolute atomic E-state index is 12.7. The first-order valence-corrected chi connectivity index (χ1v) is 9.93. The summed E-state index contributed by atoms with van der Waals surface area (Å²) in [7, 11) is 0. The van der Waals surface area contributed by atoms with Crippen molar-refractivity contribution in [1.29, 1.82) is 0 Å². The number of carbonyl (C=O) groups is 1. The van der Waals surface area contributed by atoms with E-state index in [0.717, 1.165) is 35.4 Å². The summed E-state index contributed by atoms with van der Waals surface area (Å²) in [5.41, 5.74) is 9.27. The molecule has 3 aromatic rings. The molecule has 7 nitrogen and oxygen atoms in total. The highest BCUT2D eigenvalue weighted by Crippen LogP contribution is 2.30. The van der Waals surface area contributed by atoms with Gasteiger partial charge in [0, 0.05) is 49.4 Å². The topological polar surface area (TPSA) is 89.9 Å². The first-order valence-electron chi connectivity index (χ1n) is 9.55. The van der Waals surface area contributed by atoms with E-state index in [4.69, 9.17) is 22.4 Å². The van der Waals surface area contributed by atoms with Crippen LogP contribution in [0.4, 0.5) is 0 Å². The van der Waals surface area contributed by atoms with Crippen LogP contribution in [0.25, 0.3) is 11.2 Å². The Kier molecular flexibility index (Phi) is 5.54. The lowest BCUT2D eigenvalue weighted by molar-refractivity contribution is -0.130. The van der Waals surface area contributed by atoms with Crippen LogP contribution in [0.3, 0.4) is 0 Å². The molecule has 1 saturated heterocycles. The summed E-state index contributed by atoms with van der Waals surface area (Å²) in [5, 5.41) is 5.42. The van der Waals surface area contributed by atoms with E-state index in [1.54, 1.807) is 12.4 Å². The Bertz CT molecular complexity index is 988. The molecule has 1 fully saturated rings. The number of nitrogens with two attached hydrogens (primary N) is 1. The molecule has 0 unspecified atom stereocenters. The molecule has 0 aliphatic carbocycles. The van der Waals surface area contributed by atoms with Gasteiger partial charge in [-0.15, -0.1) is 0 Å². The van der Waals surface area contributed by atoms with Crippen LogP contribution in [0.1, 0.15) is 30.0 Å². The van der Waals surface area contributed by atoms with Crippen LogP contribution < -0.4 is 5.73 Å². The lowest BCUT2D eigenvalue weighted by Gasteiger charge is -2.16. The van der Waals surface area contributed by atoms with E-state index in [1.165, 1.54) is 0 Å². The molecule has 1 amide bonds. The number of likely N-dealkylation sites (tertiary alicyclic amines) is 1. The Balaban J connectivity index is 1.44. The van der Waals surface area contributed by atoms with Gasteiger partial charge in [-0.2, -0.15) is 5.10 Å². The van der Waals surface area contributed by atoms with Gasteiger partial charge in [0.05, 0.1) is 12.2 Å². The van der Waals surface area contributed by atoms with Gasteiger partial charge >= 0.3 is 0 Å². The van der Waals surface area contributed by atoms with E-state index in [9.17, 15) is 4.79 Å². The minimum absolute atomic E-state index is 0.166. The van der Waals surface area contributed by atoms with Gasteiger partial charge in [-0.25, -0.2) is 14.6 Å². The standard InChI is InChI=1S/C20H23ClN6O/c21-16-3-1-2-14(12-16)4-5-17(28)26-10-6-15(13-26)18-19-20(24-9-8-23-19)27(25-18)11-7-22/h1-3,8-9,12,15H,4-7,10-11,13,22H2/t15-/m1/s1. The van der Waals surface area contributed by atoms with Crippen LogP contribution in [-0.4, -0.2) is 50.2 Å². The zero-order valence-electron chi connectivity index (χ0n) is 15.6.